The molecule has 3 rings (SSSR count). The molecule has 1 aliphatic rings. The maximum Gasteiger partial charge on any atom is 0.348 e. The molecule has 0 aromatic carbocycles. The van der Waals surface area contributed by atoms with E-state index in [1.807, 2.05) is 0 Å². The van der Waals surface area contributed by atoms with Crippen LogP contribution in [0.5, 0.6) is 0 Å². The van der Waals surface area contributed by atoms with Crippen molar-refractivity contribution < 1.29 is 5.11 Å². The second-order valence-corrected chi connectivity index (χ2v) is 4.40. The van der Waals surface area contributed by atoms with Crippen LogP contribution in [-0.4, -0.2) is 37.3 Å². The van der Waals surface area contributed by atoms with Crippen LogP contribution < -0.4 is 11.0 Å². The average Bonchev–Trinajstić information content (AvgIpc) is 2.65. The van der Waals surface area contributed by atoms with Crippen molar-refractivity contribution in [3.8, 4) is 0 Å². The van der Waals surface area contributed by atoms with Gasteiger partial charge in [-0.05, 0) is 18.8 Å². The summed E-state index contributed by atoms with van der Waals surface area (Å²) in [7, 11) is 0. The predicted molar refractivity (Wildman–Crippen MR) is 60.8 cm³/mol. The van der Waals surface area contributed by atoms with Crippen LogP contribution in [0.25, 0.3) is 5.65 Å². The van der Waals surface area contributed by atoms with Crippen LogP contribution in [0.4, 0.5) is 5.82 Å². The van der Waals surface area contributed by atoms with Crippen LogP contribution in [0, 0.1) is 5.92 Å². The third-order valence-corrected chi connectivity index (χ3v) is 3.09. The Kier molecular flexibility index (Phi) is 2.32. The van der Waals surface area contributed by atoms with E-state index in [9.17, 15) is 4.79 Å². The average molecular weight is 235 g/mol. The lowest BCUT2D eigenvalue weighted by Gasteiger charge is -2.31. The van der Waals surface area contributed by atoms with Gasteiger partial charge in [-0.3, -0.25) is 0 Å². The van der Waals surface area contributed by atoms with Gasteiger partial charge in [-0.1, -0.05) is 0 Å². The minimum atomic E-state index is -0.291. The summed E-state index contributed by atoms with van der Waals surface area (Å²) < 4.78 is 1.35. The van der Waals surface area contributed by atoms with Crippen LogP contribution in [0.1, 0.15) is 12.8 Å². The van der Waals surface area contributed by atoms with Crippen LogP contribution in [-0.2, 0) is 0 Å². The number of nitrogens with zero attached hydrogens (tertiary/aromatic N) is 3. The summed E-state index contributed by atoms with van der Waals surface area (Å²) in [5, 5.41) is 18.6. The van der Waals surface area contributed by atoms with Gasteiger partial charge in [-0.25, -0.2) is 19.3 Å². The van der Waals surface area contributed by atoms with E-state index in [0.29, 0.717) is 17.4 Å². The highest BCUT2D eigenvalue weighted by Gasteiger charge is 2.26. The summed E-state index contributed by atoms with van der Waals surface area (Å²) in [5.41, 5.74) is 0.252. The van der Waals surface area contributed by atoms with E-state index in [1.165, 1.54) is 10.7 Å². The molecule has 0 spiro atoms. The Bertz CT molecular complexity index is 584. The van der Waals surface area contributed by atoms with E-state index in [1.54, 1.807) is 6.07 Å². The lowest BCUT2D eigenvalue weighted by atomic mass is 9.82. The van der Waals surface area contributed by atoms with Crippen molar-refractivity contribution >= 4 is 11.5 Å². The van der Waals surface area contributed by atoms with Gasteiger partial charge in [0.05, 0.1) is 6.10 Å². The molecule has 1 aliphatic carbocycles. The zero-order chi connectivity index (χ0) is 11.8. The van der Waals surface area contributed by atoms with E-state index in [-0.39, 0.29) is 11.8 Å². The third-order valence-electron chi connectivity index (χ3n) is 3.09. The van der Waals surface area contributed by atoms with Gasteiger partial charge in [0.2, 0.25) is 0 Å². The Morgan fingerprint density at radius 2 is 2.41 bits per heavy atom. The van der Waals surface area contributed by atoms with Gasteiger partial charge >= 0.3 is 5.69 Å². The molecule has 1 saturated carbocycles. The summed E-state index contributed by atoms with van der Waals surface area (Å²) in [6.07, 6.45) is 3.00. The van der Waals surface area contributed by atoms with Gasteiger partial charge < -0.3 is 10.4 Å². The van der Waals surface area contributed by atoms with E-state index >= 15 is 0 Å². The Labute approximate surface area is 96.5 Å². The number of nitrogens with one attached hydrogen (secondary N) is 2. The first-order chi connectivity index (χ1) is 8.22. The van der Waals surface area contributed by atoms with Crippen LogP contribution in [0.2, 0.25) is 0 Å². The van der Waals surface area contributed by atoms with E-state index < -0.39 is 0 Å². The largest absolute Gasteiger partial charge is 0.393 e. The van der Waals surface area contributed by atoms with E-state index in [4.69, 9.17) is 5.11 Å². The van der Waals surface area contributed by atoms with E-state index in [0.717, 1.165) is 19.4 Å². The standard InChI is InChI=1S/C10H13N5O2/c16-7-1-6(2-7)4-11-8-3-9-13-14-10(17)15(9)5-12-8/h3,5-7,11,16H,1-2,4H2,(H,14,17). The predicted octanol–water partition coefficient (Wildman–Crippen LogP) is -0.400. The lowest BCUT2D eigenvalue weighted by Crippen LogP contribution is -2.33. The Morgan fingerprint density at radius 3 is 3.18 bits per heavy atom. The molecule has 3 N–H and O–H groups in total. The van der Waals surface area contributed by atoms with Crippen molar-refractivity contribution in [2.75, 3.05) is 11.9 Å². The van der Waals surface area contributed by atoms with Crippen molar-refractivity contribution in [2.24, 2.45) is 5.92 Å². The van der Waals surface area contributed by atoms with Crippen molar-refractivity contribution in [1.82, 2.24) is 19.6 Å². The summed E-state index contributed by atoms with van der Waals surface area (Å²) in [5.74, 6) is 1.20. The van der Waals surface area contributed by atoms with Crippen LogP contribution >= 0.6 is 0 Å². The van der Waals surface area contributed by atoms with Crippen LogP contribution in [0.3, 0.4) is 0 Å². The number of aliphatic hydroxyl groups is 1. The Hall–Kier alpha value is -1.89. The van der Waals surface area contributed by atoms with E-state index in [2.05, 4.69) is 20.5 Å². The molecule has 0 radical (unpaired) electrons. The smallest absolute Gasteiger partial charge is 0.348 e. The monoisotopic (exact) mass is 235 g/mol. The summed E-state index contributed by atoms with van der Waals surface area (Å²) in [4.78, 5) is 15.3. The number of aromatic amines is 1. The maximum absolute atomic E-state index is 11.2. The van der Waals surface area contributed by atoms with Crippen LogP contribution in [0.15, 0.2) is 17.2 Å². The molecule has 7 heteroatoms. The lowest BCUT2D eigenvalue weighted by molar-refractivity contribution is 0.0486. The molecule has 2 aromatic heterocycles. The number of H-pyrrole nitrogens is 1. The minimum Gasteiger partial charge on any atom is -0.393 e. The number of aromatic nitrogens is 4. The quantitative estimate of drug-likeness (QED) is 0.673. The summed E-state index contributed by atoms with van der Waals surface area (Å²) in [6.45, 7) is 0.787. The van der Waals surface area contributed by atoms with Gasteiger partial charge in [0, 0.05) is 12.6 Å². The number of hydrogen-bond donors (Lipinski definition) is 3. The molecule has 2 aromatic rings. The fourth-order valence-electron chi connectivity index (χ4n) is 2.02. The number of rotatable bonds is 3. The molecule has 17 heavy (non-hydrogen) atoms. The third kappa shape index (κ3) is 1.89. The highest BCUT2D eigenvalue weighted by Crippen LogP contribution is 2.26. The SMILES string of the molecule is O=c1[nH]nc2cc(NCC3CC(O)C3)ncn12. The highest BCUT2D eigenvalue weighted by atomic mass is 16.3. The highest BCUT2D eigenvalue weighted by molar-refractivity contribution is 5.48. The number of hydrogen-bond acceptors (Lipinski definition) is 5. The van der Waals surface area contributed by atoms with Crippen molar-refractivity contribution in [3.63, 3.8) is 0 Å². The molecule has 0 atom stereocenters. The maximum atomic E-state index is 11.2. The van der Waals surface area contributed by atoms with Gasteiger partial charge in [-0.15, -0.1) is 0 Å². The normalized spacial score (nSPS) is 23.6. The Morgan fingerprint density at radius 1 is 1.59 bits per heavy atom. The van der Waals surface area contributed by atoms with Gasteiger partial charge in [0.15, 0.2) is 5.65 Å². The van der Waals surface area contributed by atoms with Gasteiger partial charge in [0.25, 0.3) is 0 Å². The van der Waals surface area contributed by atoms with Crippen molar-refractivity contribution in [2.45, 2.75) is 18.9 Å². The zero-order valence-corrected chi connectivity index (χ0v) is 9.13. The second kappa shape index (κ2) is 3.85. The molecular formula is C10H13N5O2. The van der Waals surface area contributed by atoms with Gasteiger partial charge in [-0.2, -0.15) is 5.10 Å². The molecule has 90 valence electrons. The number of anilines is 1. The fraction of sp³-hybridized carbons (Fsp3) is 0.500. The molecule has 0 saturated heterocycles. The molecule has 0 unspecified atom stereocenters. The molecule has 0 amide bonds. The van der Waals surface area contributed by atoms with Crippen molar-refractivity contribution in [1.29, 1.82) is 0 Å². The second-order valence-electron chi connectivity index (χ2n) is 4.40. The summed E-state index contributed by atoms with van der Waals surface area (Å²) in [6, 6.07) is 1.72. The minimum absolute atomic E-state index is 0.137. The molecule has 0 bridgehead atoms. The number of aliphatic hydroxyl groups excluding tert-OH is 1. The van der Waals surface area contributed by atoms with Crippen molar-refractivity contribution in [3.05, 3.63) is 22.9 Å². The topological polar surface area (TPSA) is 95.3 Å². The molecule has 7 nitrogen and oxygen atoms in total. The molecule has 2 heterocycles. The Balaban J connectivity index is 1.70. The summed E-state index contributed by atoms with van der Waals surface area (Å²) >= 11 is 0. The molecular weight excluding hydrogens is 222 g/mol. The molecule has 0 aliphatic heterocycles. The first kappa shape index (κ1) is 10.3. The fourth-order valence-corrected chi connectivity index (χ4v) is 2.02. The van der Waals surface area contributed by atoms with Gasteiger partial charge in [0.1, 0.15) is 12.1 Å². The first-order valence-corrected chi connectivity index (χ1v) is 5.57. The number of fused-ring (bicyclic) bond motifs is 1. The first-order valence-electron chi connectivity index (χ1n) is 5.57. The molecule has 1 fully saturated rings. The zero-order valence-electron chi connectivity index (χ0n) is 9.13.